The largest absolute Gasteiger partial charge is 0.462 e. The molecule has 48 heavy (non-hydrogen) atoms. The van der Waals surface area contributed by atoms with Crippen LogP contribution in [0.25, 0.3) is 32.8 Å². The van der Waals surface area contributed by atoms with Crippen LogP contribution in [0.2, 0.25) is 0 Å². The van der Waals surface area contributed by atoms with Gasteiger partial charge in [0, 0.05) is 30.4 Å². The van der Waals surface area contributed by atoms with Crippen LogP contribution >= 0.6 is 0 Å². The van der Waals surface area contributed by atoms with Gasteiger partial charge in [-0.2, -0.15) is 0 Å². The Morgan fingerprint density at radius 3 is 1.69 bits per heavy atom. The Morgan fingerprint density at radius 2 is 1.08 bits per heavy atom. The molecule has 2 aromatic heterocycles. The number of nitrogens with zero attached hydrogens (tertiary/aromatic N) is 5. The molecule has 0 aliphatic carbocycles. The number of carbonyl (C=O) groups excluding carboxylic acids is 1. The standard InChI is InChI=1S/C40H55N5O3/c46-39-33-15-4-5-16-35(33)44(28-12-25-41-19-6-1-7-20-41)37-34-31-32(40(47)48-30-14-27-43-23-10-3-11-24-43)17-18-36(34)45(38(37)39)29-13-26-42-21-8-2-9-22-42/h4-5,15-18,31H,1-3,6-14,19-30H2. The highest BCUT2D eigenvalue weighted by atomic mass is 16.5. The number of benzene rings is 2. The number of likely N-dealkylation sites (tertiary alicyclic amines) is 3. The van der Waals surface area contributed by atoms with Gasteiger partial charge in [-0.25, -0.2) is 4.79 Å². The van der Waals surface area contributed by atoms with Gasteiger partial charge in [0.05, 0.1) is 28.7 Å². The van der Waals surface area contributed by atoms with Crippen molar-refractivity contribution in [1.29, 1.82) is 0 Å². The molecule has 0 saturated carbocycles. The maximum absolute atomic E-state index is 14.4. The highest BCUT2D eigenvalue weighted by Gasteiger charge is 2.22. The molecule has 3 aliphatic heterocycles. The van der Waals surface area contributed by atoms with Gasteiger partial charge in [0.2, 0.25) is 5.43 Å². The van der Waals surface area contributed by atoms with E-state index in [1.807, 2.05) is 30.3 Å². The predicted molar refractivity (Wildman–Crippen MR) is 196 cm³/mol. The number of rotatable bonds is 13. The molecule has 4 aromatic rings. The molecule has 2 aromatic carbocycles. The fourth-order valence-corrected chi connectivity index (χ4v) is 8.57. The lowest BCUT2D eigenvalue weighted by molar-refractivity contribution is 0.0485. The number of para-hydroxylation sites is 1. The Balaban J connectivity index is 1.22. The zero-order chi connectivity index (χ0) is 32.7. The Morgan fingerprint density at radius 1 is 0.562 bits per heavy atom. The highest BCUT2D eigenvalue weighted by molar-refractivity contribution is 6.11. The normalized spacial score (nSPS) is 18.7. The second-order valence-electron chi connectivity index (χ2n) is 14.5. The maximum atomic E-state index is 14.4. The van der Waals surface area contributed by atoms with Crippen molar-refractivity contribution in [2.45, 2.75) is 90.1 Å². The molecule has 0 bridgehead atoms. The van der Waals surface area contributed by atoms with Crippen molar-refractivity contribution in [3.05, 3.63) is 58.3 Å². The van der Waals surface area contributed by atoms with E-state index in [4.69, 9.17) is 4.74 Å². The average molecular weight is 654 g/mol. The number of hydrogen-bond donors (Lipinski definition) is 0. The van der Waals surface area contributed by atoms with E-state index < -0.39 is 0 Å². The minimum Gasteiger partial charge on any atom is -0.462 e. The topological polar surface area (TPSA) is 63.0 Å². The second-order valence-corrected chi connectivity index (χ2v) is 14.5. The number of carbonyl (C=O) groups is 1. The first-order chi connectivity index (χ1) is 23.7. The van der Waals surface area contributed by atoms with Crippen molar-refractivity contribution in [2.24, 2.45) is 0 Å². The Kier molecular flexibility index (Phi) is 11.1. The predicted octanol–water partition coefficient (Wildman–Crippen LogP) is 6.89. The van der Waals surface area contributed by atoms with Crippen LogP contribution in [-0.4, -0.2) is 95.3 Å². The molecule has 3 fully saturated rings. The monoisotopic (exact) mass is 653 g/mol. The number of ether oxygens (including phenoxy) is 1. The molecule has 5 heterocycles. The summed E-state index contributed by atoms with van der Waals surface area (Å²) in [6, 6.07) is 14.1. The summed E-state index contributed by atoms with van der Waals surface area (Å²) in [4.78, 5) is 35.5. The Bertz CT molecular complexity index is 1740. The first-order valence-electron chi connectivity index (χ1n) is 19.1. The van der Waals surface area contributed by atoms with Crippen molar-refractivity contribution < 1.29 is 9.53 Å². The van der Waals surface area contributed by atoms with Crippen LogP contribution in [0.5, 0.6) is 0 Å². The summed E-state index contributed by atoms with van der Waals surface area (Å²) in [5, 5.41) is 1.75. The average Bonchev–Trinajstić information content (AvgIpc) is 3.46. The van der Waals surface area contributed by atoms with Crippen LogP contribution in [0.4, 0.5) is 0 Å². The summed E-state index contributed by atoms with van der Waals surface area (Å²) < 4.78 is 10.5. The molecule has 0 amide bonds. The molecule has 7 rings (SSSR count). The molecule has 0 spiro atoms. The zero-order valence-corrected chi connectivity index (χ0v) is 29.0. The summed E-state index contributed by atoms with van der Waals surface area (Å²) in [6.07, 6.45) is 14.5. The Labute approximate surface area is 285 Å². The SMILES string of the molecule is O=C(OCCCN1CCCCC1)c1ccc2c(c1)c1c(c(=O)c3ccccc3n1CCCN1CCCCC1)n2CCCN1CCCCC1. The molecule has 3 saturated heterocycles. The van der Waals surface area contributed by atoms with Gasteiger partial charge >= 0.3 is 5.97 Å². The summed E-state index contributed by atoms with van der Waals surface area (Å²) in [6.45, 7) is 12.1. The lowest BCUT2D eigenvalue weighted by atomic mass is 10.1. The van der Waals surface area contributed by atoms with Crippen LogP contribution < -0.4 is 5.43 Å². The van der Waals surface area contributed by atoms with Gasteiger partial charge in [-0.3, -0.25) is 4.79 Å². The lowest BCUT2D eigenvalue weighted by Gasteiger charge is -2.26. The number of esters is 1. The first-order valence-corrected chi connectivity index (χ1v) is 19.1. The van der Waals surface area contributed by atoms with Gasteiger partial charge in [-0.15, -0.1) is 0 Å². The van der Waals surface area contributed by atoms with E-state index >= 15 is 0 Å². The fraction of sp³-hybridized carbons (Fsp3) is 0.600. The van der Waals surface area contributed by atoms with E-state index in [0.717, 1.165) is 97.9 Å². The van der Waals surface area contributed by atoms with Gasteiger partial charge in [0.15, 0.2) is 0 Å². The van der Waals surface area contributed by atoms with Crippen LogP contribution in [0.15, 0.2) is 47.3 Å². The number of piperidine rings is 3. The van der Waals surface area contributed by atoms with E-state index in [9.17, 15) is 9.59 Å². The van der Waals surface area contributed by atoms with E-state index in [1.54, 1.807) is 0 Å². The zero-order valence-electron chi connectivity index (χ0n) is 29.0. The summed E-state index contributed by atoms with van der Waals surface area (Å²) >= 11 is 0. The third-order valence-corrected chi connectivity index (χ3v) is 11.1. The molecule has 3 aliphatic rings. The number of fused-ring (bicyclic) bond motifs is 4. The third kappa shape index (κ3) is 7.51. The number of hydrogen-bond acceptors (Lipinski definition) is 6. The van der Waals surface area contributed by atoms with E-state index in [2.05, 4.69) is 36.0 Å². The van der Waals surface area contributed by atoms with Crippen LogP contribution in [0, 0.1) is 0 Å². The molecule has 8 nitrogen and oxygen atoms in total. The van der Waals surface area contributed by atoms with E-state index in [1.165, 1.54) is 84.0 Å². The molecule has 8 heteroatoms. The van der Waals surface area contributed by atoms with Gasteiger partial charge < -0.3 is 28.6 Å². The molecule has 0 unspecified atom stereocenters. The quantitative estimate of drug-likeness (QED) is 0.116. The van der Waals surface area contributed by atoms with E-state index in [-0.39, 0.29) is 11.4 Å². The maximum Gasteiger partial charge on any atom is 0.338 e. The Hall–Kier alpha value is -3.20. The molecule has 0 N–H and O–H groups in total. The summed E-state index contributed by atoms with van der Waals surface area (Å²) in [5.74, 6) is -0.277. The first kappa shape index (κ1) is 33.3. The molecule has 0 atom stereocenters. The molecule has 0 radical (unpaired) electrons. The van der Waals surface area contributed by atoms with Gasteiger partial charge in [-0.05, 0) is 140 Å². The number of pyridine rings is 1. The second kappa shape index (κ2) is 16.0. The summed E-state index contributed by atoms with van der Waals surface area (Å²) in [5.41, 5.74) is 4.39. The van der Waals surface area contributed by atoms with Gasteiger partial charge in [0.1, 0.15) is 5.52 Å². The summed E-state index contributed by atoms with van der Waals surface area (Å²) in [7, 11) is 0. The molecular formula is C40H55N5O3. The smallest absolute Gasteiger partial charge is 0.338 e. The van der Waals surface area contributed by atoms with Crippen molar-refractivity contribution in [2.75, 3.05) is 65.5 Å². The van der Waals surface area contributed by atoms with Crippen molar-refractivity contribution in [3.8, 4) is 0 Å². The van der Waals surface area contributed by atoms with Crippen LogP contribution in [0.3, 0.4) is 0 Å². The van der Waals surface area contributed by atoms with Crippen LogP contribution in [0.1, 0.15) is 87.4 Å². The number of aromatic nitrogens is 2. The van der Waals surface area contributed by atoms with Crippen molar-refractivity contribution in [3.63, 3.8) is 0 Å². The lowest BCUT2D eigenvalue weighted by Crippen LogP contribution is -2.31. The van der Waals surface area contributed by atoms with E-state index in [0.29, 0.717) is 12.2 Å². The minimum atomic E-state index is -0.277. The fourth-order valence-electron chi connectivity index (χ4n) is 8.57. The van der Waals surface area contributed by atoms with Crippen molar-refractivity contribution in [1.82, 2.24) is 23.8 Å². The third-order valence-electron chi connectivity index (χ3n) is 11.1. The van der Waals surface area contributed by atoms with Crippen LogP contribution in [-0.2, 0) is 17.8 Å². The van der Waals surface area contributed by atoms with Gasteiger partial charge in [-0.1, -0.05) is 31.4 Å². The molecular weight excluding hydrogens is 598 g/mol. The van der Waals surface area contributed by atoms with Gasteiger partial charge in [0.25, 0.3) is 0 Å². The molecule has 258 valence electrons. The highest BCUT2D eigenvalue weighted by Crippen LogP contribution is 2.32. The van der Waals surface area contributed by atoms with Crippen molar-refractivity contribution >= 4 is 38.8 Å². The minimum absolute atomic E-state index is 0.0869. The number of aryl methyl sites for hydroxylation is 2.